The summed E-state index contributed by atoms with van der Waals surface area (Å²) < 4.78 is 5.25. The molecule has 0 bridgehead atoms. The number of hydrogen-bond donors (Lipinski definition) is 0. The predicted octanol–water partition coefficient (Wildman–Crippen LogP) is 1.48. The van der Waals surface area contributed by atoms with E-state index in [1.165, 1.54) is 6.33 Å². The minimum absolute atomic E-state index is 0.115. The molecular formula is C11H14N2O2. The average molecular weight is 206 g/mol. The topological polar surface area (TPSA) is 52.1 Å². The van der Waals surface area contributed by atoms with Crippen molar-refractivity contribution in [1.29, 1.82) is 0 Å². The summed E-state index contributed by atoms with van der Waals surface area (Å²) in [6, 6.07) is 1.67. The number of carbonyl (C=O) groups excluding carboxylic acids is 1. The number of Topliss-reactive ketones (excluding diaryl/α,β-unsaturated/α-hetero) is 1. The average Bonchev–Trinajstić information content (AvgIpc) is 2.31. The molecule has 15 heavy (non-hydrogen) atoms. The van der Waals surface area contributed by atoms with Gasteiger partial charge in [-0.3, -0.25) is 4.79 Å². The largest absolute Gasteiger partial charge is 0.381 e. The molecule has 1 saturated heterocycles. The Morgan fingerprint density at radius 2 is 2.27 bits per heavy atom. The van der Waals surface area contributed by atoms with E-state index in [1.54, 1.807) is 12.3 Å². The van der Waals surface area contributed by atoms with Crippen LogP contribution in [-0.4, -0.2) is 29.0 Å². The van der Waals surface area contributed by atoms with Gasteiger partial charge in [-0.1, -0.05) is 0 Å². The molecule has 0 N–H and O–H groups in total. The van der Waals surface area contributed by atoms with Crippen LogP contribution in [0.15, 0.2) is 18.6 Å². The maximum Gasteiger partial charge on any atom is 0.181 e. The number of ketones is 1. The molecule has 1 aliphatic rings. The Bertz CT molecular complexity index is 321. The maximum absolute atomic E-state index is 11.8. The Kier molecular flexibility index (Phi) is 3.40. The van der Waals surface area contributed by atoms with E-state index in [9.17, 15) is 4.79 Å². The van der Waals surface area contributed by atoms with Crippen LogP contribution in [0, 0.1) is 5.92 Å². The monoisotopic (exact) mass is 206 g/mol. The molecule has 2 rings (SSSR count). The van der Waals surface area contributed by atoms with E-state index in [4.69, 9.17) is 4.74 Å². The Balaban J connectivity index is 1.91. The van der Waals surface area contributed by atoms with Crippen LogP contribution in [0.2, 0.25) is 0 Å². The zero-order valence-corrected chi connectivity index (χ0v) is 8.56. The number of hydrogen-bond acceptors (Lipinski definition) is 4. The molecule has 0 saturated carbocycles. The van der Waals surface area contributed by atoms with Crippen molar-refractivity contribution in [2.24, 2.45) is 5.92 Å². The van der Waals surface area contributed by atoms with Crippen molar-refractivity contribution < 1.29 is 9.53 Å². The van der Waals surface area contributed by atoms with E-state index in [-0.39, 0.29) is 5.78 Å². The Morgan fingerprint density at radius 3 is 2.93 bits per heavy atom. The van der Waals surface area contributed by atoms with Crippen LogP contribution in [0.1, 0.15) is 29.8 Å². The molecule has 1 aromatic heterocycles. The fourth-order valence-electron chi connectivity index (χ4n) is 1.77. The Morgan fingerprint density at radius 1 is 1.47 bits per heavy atom. The third-order valence-corrected chi connectivity index (χ3v) is 2.68. The summed E-state index contributed by atoms with van der Waals surface area (Å²) in [7, 11) is 0. The molecule has 4 nitrogen and oxygen atoms in total. The van der Waals surface area contributed by atoms with E-state index in [0.717, 1.165) is 26.1 Å². The van der Waals surface area contributed by atoms with Crippen molar-refractivity contribution >= 4 is 5.78 Å². The first kappa shape index (κ1) is 10.2. The number of aromatic nitrogens is 2. The first-order chi connectivity index (χ1) is 7.36. The second-order valence-electron chi connectivity index (χ2n) is 3.78. The first-order valence-electron chi connectivity index (χ1n) is 5.23. The first-order valence-corrected chi connectivity index (χ1v) is 5.23. The third-order valence-electron chi connectivity index (χ3n) is 2.68. The molecule has 0 spiro atoms. The molecule has 0 amide bonds. The third kappa shape index (κ3) is 2.83. The van der Waals surface area contributed by atoms with Gasteiger partial charge in [-0.25, -0.2) is 9.97 Å². The summed E-state index contributed by atoms with van der Waals surface area (Å²) in [4.78, 5) is 19.5. The van der Waals surface area contributed by atoms with E-state index in [2.05, 4.69) is 9.97 Å². The fraction of sp³-hybridized carbons (Fsp3) is 0.545. The van der Waals surface area contributed by atoms with Crippen LogP contribution in [-0.2, 0) is 4.74 Å². The highest BCUT2D eigenvalue weighted by molar-refractivity contribution is 5.94. The van der Waals surface area contributed by atoms with Gasteiger partial charge in [0.25, 0.3) is 0 Å². The molecule has 1 aliphatic heterocycles. The summed E-state index contributed by atoms with van der Waals surface area (Å²) >= 11 is 0. The molecule has 0 unspecified atom stereocenters. The van der Waals surface area contributed by atoms with E-state index in [0.29, 0.717) is 18.0 Å². The molecule has 0 atom stereocenters. The van der Waals surface area contributed by atoms with Crippen LogP contribution in [0.5, 0.6) is 0 Å². The van der Waals surface area contributed by atoms with Crippen molar-refractivity contribution in [3.8, 4) is 0 Å². The van der Waals surface area contributed by atoms with Gasteiger partial charge >= 0.3 is 0 Å². The van der Waals surface area contributed by atoms with Crippen molar-refractivity contribution in [3.63, 3.8) is 0 Å². The lowest BCUT2D eigenvalue weighted by Crippen LogP contribution is -2.19. The molecule has 0 aliphatic carbocycles. The fourth-order valence-corrected chi connectivity index (χ4v) is 1.77. The number of nitrogens with zero attached hydrogens (tertiary/aromatic N) is 2. The van der Waals surface area contributed by atoms with Crippen LogP contribution in [0.25, 0.3) is 0 Å². The molecule has 1 aromatic rings. The molecule has 0 radical (unpaired) electrons. The summed E-state index contributed by atoms with van der Waals surface area (Å²) in [5.74, 6) is 0.575. The molecular weight excluding hydrogens is 192 g/mol. The second-order valence-corrected chi connectivity index (χ2v) is 3.78. The summed E-state index contributed by atoms with van der Waals surface area (Å²) in [5.41, 5.74) is 0.525. The maximum atomic E-state index is 11.8. The minimum Gasteiger partial charge on any atom is -0.381 e. The van der Waals surface area contributed by atoms with Gasteiger partial charge in [0.15, 0.2) is 5.78 Å². The smallest absolute Gasteiger partial charge is 0.181 e. The van der Waals surface area contributed by atoms with Gasteiger partial charge in [-0.05, 0) is 24.8 Å². The predicted molar refractivity (Wildman–Crippen MR) is 54.5 cm³/mol. The van der Waals surface area contributed by atoms with E-state index in [1.807, 2.05) is 0 Å². The quantitative estimate of drug-likeness (QED) is 0.703. The van der Waals surface area contributed by atoms with Gasteiger partial charge in [0.1, 0.15) is 12.0 Å². The highest BCUT2D eigenvalue weighted by Gasteiger charge is 2.18. The van der Waals surface area contributed by atoms with Crippen molar-refractivity contribution in [2.75, 3.05) is 13.2 Å². The van der Waals surface area contributed by atoms with Gasteiger partial charge in [0, 0.05) is 25.8 Å². The molecule has 1 fully saturated rings. The standard InChI is InChI=1S/C11H14N2O2/c14-11(10-1-4-12-8-13-10)7-9-2-5-15-6-3-9/h1,4,8-9H,2-3,5-7H2. The number of rotatable bonds is 3. The summed E-state index contributed by atoms with van der Waals surface area (Å²) in [5, 5.41) is 0. The van der Waals surface area contributed by atoms with E-state index >= 15 is 0 Å². The van der Waals surface area contributed by atoms with Crippen molar-refractivity contribution in [3.05, 3.63) is 24.3 Å². The molecule has 80 valence electrons. The number of carbonyl (C=O) groups is 1. The van der Waals surface area contributed by atoms with Crippen LogP contribution in [0.4, 0.5) is 0 Å². The minimum atomic E-state index is 0.115. The lowest BCUT2D eigenvalue weighted by Gasteiger charge is -2.20. The van der Waals surface area contributed by atoms with Crippen LogP contribution >= 0.6 is 0 Å². The lowest BCUT2D eigenvalue weighted by atomic mass is 9.93. The van der Waals surface area contributed by atoms with E-state index < -0.39 is 0 Å². The van der Waals surface area contributed by atoms with Crippen molar-refractivity contribution in [2.45, 2.75) is 19.3 Å². The molecule has 2 heterocycles. The zero-order valence-electron chi connectivity index (χ0n) is 8.56. The van der Waals surface area contributed by atoms with Gasteiger partial charge in [0.2, 0.25) is 0 Å². The normalized spacial score (nSPS) is 17.6. The Hall–Kier alpha value is -1.29. The summed E-state index contributed by atoms with van der Waals surface area (Å²) in [6.07, 6.45) is 5.56. The van der Waals surface area contributed by atoms with Crippen LogP contribution < -0.4 is 0 Å². The van der Waals surface area contributed by atoms with Gasteiger partial charge in [-0.15, -0.1) is 0 Å². The molecule has 4 heteroatoms. The SMILES string of the molecule is O=C(CC1CCOCC1)c1ccncn1. The lowest BCUT2D eigenvalue weighted by molar-refractivity contribution is 0.0599. The van der Waals surface area contributed by atoms with Crippen LogP contribution in [0.3, 0.4) is 0 Å². The molecule has 0 aromatic carbocycles. The Labute approximate surface area is 88.7 Å². The van der Waals surface area contributed by atoms with Crippen molar-refractivity contribution in [1.82, 2.24) is 9.97 Å². The van der Waals surface area contributed by atoms with Gasteiger partial charge in [0.05, 0.1) is 0 Å². The van der Waals surface area contributed by atoms with Gasteiger partial charge in [-0.2, -0.15) is 0 Å². The zero-order chi connectivity index (χ0) is 10.5. The highest BCUT2D eigenvalue weighted by Crippen LogP contribution is 2.19. The second kappa shape index (κ2) is 4.98. The highest BCUT2D eigenvalue weighted by atomic mass is 16.5. The number of ether oxygens (including phenoxy) is 1. The summed E-state index contributed by atoms with van der Waals surface area (Å²) in [6.45, 7) is 1.56. The van der Waals surface area contributed by atoms with Gasteiger partial charge < -0.3 is 4.74 Å².